The summed E-state index contributed by atoms with van der Waals surface area (Å²) >= 11 is 11.8. The smallest absolute Gasteiger partial charge is 0.239 e. The topological polar surface area (TPSA) is 41.1 Å². The van der Waals surface area contributed by atoms with Crippen LogP contribution >= 0.6 is 23.2 Å². The first-order chi connectivity index (χ1) is 8.00. The van der Waals surface area contributed by atoms with Gasteiger partial charge < -0.3 is 10.6 Å². The fourth-order valence-corrected chi connectivity index (χ4v) is 1.56. The number of hydrogen-bond acceptors (Lipinski definition) is 2. The maximum atomic E-state index is 11.5. The molecule has 0 aromatic heterocycles. The van der Waals surface area contributed by atoms with E-state index < -0.39 is 0 Å². The molecule has 0 bridgehead atoms. The summed E-state index contributed by atoms with van der Waals surface area (Å²) in [5.74, 6) is 0.378. The number of nitrogens with one attached hydrogen (secondary N) is 2. The average Bonchev–Trinajstić information content (AvgIpc) is 2.28. The van der Waals surface area contributed by atoms with Gasteiger partial charge in [-0.15, -0.1) is 0 Å². The molecular formula is C12H16Cl2N2O. The maximum Gasteiger partial charge on any atom is 0.239 e. The molecule has 1 aromatic carbocycles. The Balaban J connectivity index is 2.45. The number of benzene rings is 1. The molecule has 0 aliphatic carbocycles. The quantitative estimate of drug-likeness (QED) is 0.866. The van der Waals surface area contributed by atoms with Gasteiger partial charge in [0.15, 0.2) is 0 Å². The lowest BCUT2D eigenvalue weighted by molar-refractivity contribution is -0.119. The Hall–Kier alpha value is -0.930. The first-order valence-corrected chi connectivity index (χ1v) is 6.21. The number of anilines is 1. The summed E-state index contributed by atoms with van der Waals surface area (Å²) in [5, 5.41) is 6.67. The second-order valence-electron chi connectivity index (χ2n) is 4.15. The zero-order valence-electron chi connectivity index (χ0n) is 9.89. The van der Waals surface area contributed by atoms with Gasteiger partial charge in [0.05, 0.1) is 22.3 Å². The fourth-order valence-electron chi connectivity index (χ4n) is 1.20. The molecule has 0 radical (unpaired) electrons. The maximum absolute atomic E-state index is 11.5. The van der Waals surface area contributed by atoms with Crippen molar-refractivity contribution in [1.82, 2.24) is 5.32 Å². The van der Waals surface area contributed by atoms with Crippen molar-refractivity contribution >= 4 is 34.8 Å². The molecule has 1 rings (SSSR count). The van der Waals surface area contributed by atoms with Crippen LogP contribution in [0, 0.1) is 5.92 Å². The molecule has 0 saturated carbocycles. The number of amides is 1. The summed E-state index contributed by atoms with van der Waals surface area (Å²) in [6, 6.07) is 5.26. The van der Waals surface area contributed by atoms with Crippen LogP contribution in [0.15, 0.2) is 18.2 Å². The number of carbonyl (C=O) groups excluding carboxylic acids is 1. The van der Waals surface area contributed by atoms with E-state index in [4.69, 9.17) is 23.2 Å². The standard InChI is InChI=1S/C12H16Cl2N2O/c1-8(2)6-16-11(17)7-15-10-5-3-4-9(13)12(10)14/h3-5,8,15H,6-7H2,1-2H3,(H,16,17). The monoisotopic (exact) mass is 274 g/mol. The van der Waals surface area contributed by atoms with Gasteiger partial charge in [0.1, 0.15) is 0 Å². The van der Waals surface area contributed by atoms with Crippen molar-refractivity contribution in [1.29, 1.82) is 0 Å². The van der Waals surface area contributed by atoms with E-state index in [1.54, 1.807) is 18.2 Å². The van der Waals surface area contributed by atoms with Crippen molar-refractivity contribution in [3.05, 3.63) is 28.2 Å². The third-order valence-electron chi connectivity index (χ3n) is 2.10. The van der Waals surface area contributed by atoms with E-state index in [0.29, 0.717) is 28.2 Å². The van der Waals surface area contributed by atoms with Crippen LogP contribution in [-0.2, 0) is 4.79 Å². The minimum Gasteiger partial charge on any atom is -0.375 e. The predicted octanol–water partition coefficient (Wildman–Crippen LogP) is 3.18. The molecule has 0 unspecified atom stereocenters. The molecule has 0 aliphatic heterocycles. The van der Waals surface area contributed by atoms with Gasteiger partial charge in [0.2, 0.25) is 5.91 Å². The van der Waals surface area contributed by atoms with Crippen LogP contribution in [0.25, 0.3) is 0 Å². The van der Waals surface area contributed by atoms with Crippen molar-refractivity contribution in [2.24, 2.45) is 5.92 Å². The Labute approximate surface area is 111 Å². The summed E-state index contributed by atoms with van der Waals surface area (Å²) in [4.78, 5) is 11.5. The van der Waals surface area contributed by atoms with E-state index in [1.165, 1.54) is 0 Å². The SMILES string of the molecule is CC(C)CNC(=O)CNc1cccc(Cl)c1Cl. The Morgan fingerprint density at radius 3 is 2.71 bits per heavy atom. The zero-order chi connectivity index (χ0) is 12.8. The molecule has 0 atom stereocenters. The van der Waals surface area contributed by atoms with E-state index >= 15 is 0 Å². The van der Waals surface area contributed by atoms with E-state index in [-0.39, 0.29) is 12.5 Å². The van der Waals surface area contributed by atoms with Crippen LogP contribution in [0.4, 0.5) is 5.69 Å². The molecule has 0 fully saturated rings. The first kappa shape index (κ1) is 14.1. The Kier molecular flexibility index (Phi) is 5.59. The summed E-state index contributed by atoms with van der Waals surface area (Å²) in [5.41, 5.74) is 0.666. The molecule has 1 aromatic rings. The van der Waals surface area contributed by atoms with E-state index in [2.05, 4.69) is 10.6 Å². The fraction of sp³-hybridized carbons (Fsp3) is 0.417. The second-order valence-corrected chi connectivity index (χ2v) is 4.94. The molecule has 2 N–H and O–H groups in total. The van der Waals surface area contributed by atoms with Crippen molar-refractivity contribution < 1.29 is 4.79 Å². The van der Waals surface area contributed by atoms with E-state index in [9.17, 15) is 4.79 Å². The van der Waals surface area contributed by atoms with Gasteiger partial charge in [-0.3, -0.25) is 4.79 Å². The van der Waals surface area contributed by atoms with Crippen LogP contribution in [0.2, 0.25) is 10.0 Å². The zero-order valence-corrected chi connectivity index (χ0v) is 11.4. The molecule has 0 spiro atoms. The number of halogens is 2. The predicted molar refractivity (Wildman–Crippen MR) is 72.8 cm³/mol. The molecular weight excluding hydrogens is 259 g/mol. The molecule has 1 amide bonds. The highest BCUT2D eigenvalue weighted by atomic mass is 35.5. The molecule has 17 heavy (non-hydrogen) atoms. The lowest BCUT2D eigenvalue weighted by atomic mass is 10.2. The molecule has 0 saturated heterocycles. The Morgan fingerprint density at radius 1 is 1.35 bits per heavy atom. The van der Waals surface area contributed by atoms with Crippen molar-refractivity contribution in [2.45, 2.75) is 13.8 Å². The minimum absolute atomic E-state index is 0.0604. The van der Waals surface area contributed by atoms with Gasteiger partial charge in [-0.05, 0) is 18.1 Å². The lowest BCUT2D eigenvalue weighted by Gasteiger charge is -2.10. The second kappa shape index (κ2) is 6.72. The Bertz CT molecular complexity index is 394. The summed E-state index contributed by atoms with van der Waals surface area (Å²) in [7, 11) is 0. The number of hydrogen-bond donors (Lipinski definition) is 2. The van der Waals surface area contributed by atoms with Crippen LogP contribution in [0.3, 0.4) is 0 Å². The molecule has 0 aliphatic rings. The van der Waals surface area contributed by atoms with Crippen LogP contribution in [0.1, 0.15) is 13.8 Å². The third kappa shape index (κ3) is 4.84. The average molecular weight is 275 g/mol. The third-order valence-corrected chi connectivity index (χ3v) is 2.92. The summed E-state index contributed by atoms with van der Waals surface area (Å²) < 4.78 is 0. The molecule has 0 heterocycles. The molecule has 94 valence electrons. The van der Waals surface area contributed by atoms with Crippen molar-refractivity contribution in [2.75, 3.05) is 18.4 Å². The highest BCUT2D eigenvalue weighted by Gasteiger charge is 2.06. The molecule has 5 heteroatoms. The van der Waals surface area contributed by atoms with Gasteiger partial charge >= 0.3 is 0 Å². The summed E-state index contributed by atoms with van der Waals surface area (Å²) in [6.07, 6.45) is 0. The highest BCUT2D eigenvalue weighted by Crippen LogP contribution is 2.29. The van der Waals surface area contributed by atoms with Gasteiger partial charge in [-0.2, -0.15) is 0 Å². The largest absolute Gasteiger partial charge is 0.375 e. The van der Waals surface area contributed by atoms with Crippen molar-refractivity contribution in [3.8, 4) is 0 Å². The normalized spacial score (nSPS) is 10.4. The van der Waals surface area contributed by atoms with Gasteiger partial charge in [0.25, 0.3) is 0 Å². The minimum atomic E-state index is -0.0604. The van der Waals surface area contributed by atoms with Gasteiger partial charge in [-0.1, -0.05) is 43.1 Å². The van der Waals surface area contributed by atoms with Gasteiger partial charge in [-0.25, -0.2) is 0 Å². The van der Waals surface area contributed by atoms with Crippen LogP contribution < -0.4 is 10.6 Å². The van der Waals surface area contributed by atoms with E-state index in [1.807, 2.05) is 13.8 Å². The van der Waals surface area contributed by atoms with E-state index in [0.717, 1.165) is 0 Å². The van der Waals surface area contributed by atoms with Gasteiger partial charge in [0, 0.05) is 6.54 Å². The number of rotatable bonds is 5. The van der Waals surface area contributed by atoms with Crippen molar-refractivity contribution in [3.63, 3.8) is 0 Å². The van der Waals surface area contributed by atoms with Crippen LogP contribution in [0.5, 0.6) is 0 Å². The Morgan fingerprint density at radius 2 is 2.06 bits per heavy atom. The molecule has 3 nitrogen and oxygen atoms in total. The number of carbonyl (C=O) groups is 1. The first-order valence-electron chi connectivity index (χ1n) is 5.45. The van der Waals surface area contributed by atoms with Crippen LogP contribution in [-0.4, -0.2) is 19.0 Å². The lowest BCUT2D eigenvalue weighted by Crippen LogP contribution is -2.32. The highest BCUT2D eigenvalue weighted by molar-refractivity contribution is 6.43. The summed E-state index contributed by atoms with van der Waals surface area (Å²) in [6.45, 7) is 4.94.